The SMILES string of the molecule is Cc1nnc(Sc2ccc(C(F)(F)F)cc2[N+](=O)[O-])s1. The van der Waals surface area contributed by atoms with Gasteiger partial charge in [0.1, 0.15) is 5.01 Å². The zero-order valence-electron chi connectivity index (χ0n) is 9.84. The number of halogens is 3. The molecule has 0 aliphatic rings. The second-order valence-corrected chi connectivity index (χ2v) is 6.10. The van der Waals surface area contributed by atoms with E-state index >= 15 is 0 Å². The molecular formula is C10H6F3N3O2S2. The molecule has 106 valence electrons. The van der Waals surface area contributed by atoms with E-state index in [9.17, 15) is 23.3 Å². The molecule has 0 atom stereocenters. The van der Waals surface area contributed by atoms with Crippen LogP contribution < -0.4 is 0 Å². The second-order valence-electron chi connectivity index (χ2n) is 3.63. The summed E-state index contributed by atoms with van der Waals surface area (Å²) in [6, 6.07) is 2.40. The fourth-order valence-electron chi connectivity index (χ4n) is 1.34. The monoisotopic (exact) mass is 321 g/mol. The molecule has 2 aromatic rings. The minimum atomic E-state index is -4.62. The van der Waals surface area contributed by atoms with Crippen LogP contribution >= 0.6 is 23.1 Å². The molecule has 0 amide bonds. The third-order valence-electron chi connectivity index (χ3n) is 2.19. The van der Waals surface area contributed by atoms with Gasteiger partial charge in [-0.1, -0.05) is 23.1 Å². The molecular weight excluding hydrogens is 315 g/mol. The minimum Gasteiger partial charge on any atom is -0.258 e. The van der Waals surface area contributed by atoms with Gasteiger partial charge in [-0.15, -0.1) is 10.2 Å². The van der Waals surface area contributed by atoms with Crippen LogP contribution in [0, 0.1) is 17.0 Å². The summed E-state index contributed by atoms with van der Waals surface area (Å²) in [5.41, 5.74) is -1.65. The molecule has 0 radical (unpaired) electrons. The summed E-state index contributed by atoms with van der Waals surface area (Å²) in [4.78, 5) is 10.1. The topological polar surface area (TPSA) is 68.9 Å². The van der Waals surface area contributed by atoms with Crippen molar-refractivity contribution in [2.24, 2.45) is 0 Å². The Morgan fingerprint density at radius 3 is 2.55 bits per heavy atom. The molecule has 1 heterocycles. The average Bonchev–Trinajstić information content (AvgIpc) is 2.73. The molecule has 0 fully saturated rings. The summed E-state index contributed by atoms with van der Waals surface area (Å²) in [6.45, 7) is 1.71. The van der Waals surface area contributed by atoms with Crippen LogP contribution in [-0.2, 0) is 6.18 Å². The van der Waals surface area contributed by atoms with E-state index in [0.717, 1.165) is 23.9 Å². The van der Waals surface area contributed by atoms with Gasteiger partial charge < -0.3 is 0 Å². The fraction of sp³-hybridized carbons (Fsp3) is 0.200. The Kier molecular flexibility index (Phi) is 3.95. The molecule has 0 N–H and O–H groups in total. The van der Waals surface area contributed by atoms with E-state index in [-0.39, 0.29) is 4.90 Å². The largest absolute Gasteiger partial charge is 0.416 e. The predicted molar refractivity (Wildman–Crippen MR) is 66.9 cm³/mol. The Morgan fingerprint density at radius 2 is 2.05 bits per heavy atom. The van der Waals surface area contributed by atoms with E-state index in [2.05, 4.69) is 10.2 Å². The van der Waals surface area contributed by atoms with Crippen molar-refractivity contribution in [3.8, 4) is 0 Å². The van der Waals surface area contributed by atoms with E-state index in [1.807, 2.05) is 0 Å². The van der Waals surface area contributed by atoms with Gasteiger partial charge in [-0.2, -0.15) is 13.2 Å². The van der Waals surface area contributed by atoms with Crippen LogP contribution in [-0.4, -0.2) is 15.1 Å². The molecule has 0 saturated heterocycles. The summed E-state index contributed by atoms with van der Waals surface area (Å²) in [5, 5.41) is 19.1. The van der Waals surface area contributed by atoms with Crippen molar-refractivity contribution in [1.82, 2.24) is 10.2 Å². The van der Waals surface area contributed by atoms with Crippen LogP contribution in [0.1, 0.15) is 10.6 Å². The Hall–Kier alpha value is -1.68. The highest BCUT2D eigenvalue weighted by Gasteiger charge is 2.33. The van der Waals surface area contributed by atoms with Gasteiger partial charge in [0.15, 0.2) is 4.34 Å². The van der Waals surface area contributed by atoms with Crippen molar-refractivity contribution in [1.29, 1.82) is 0 Å². The second kappa shape index (κ2) is 5.37. The highest BCUT2D eigenvalue weighted by molar-refractivity contribution is 8.01. The average molecular weight is 321 g/mol. The van der Waals surface area contributed by atoms with Crippen LogP contribution in [0.2, 0.25) is 0 Å². The normalized spacial score (nSPS) is 11.6. The number of hydrogen-bond acceptors (Lipinski definition) is 6. The first-order valence-electron chi connectivity index (χ1n) is 5.11. The predicted octanol–water partition coefficient (Wildman–Crippen LogP) is 3.92. The number of alkyl halides is 3. The number of aryl methyl sites for hydroxylation is 1. The van der Waals surface area contributed by atoms with Crippen molar-refractivity contribution in [3.05, 3.63) is 38.9 Å². The van der Waals surface area contributed by atoms with E-state index in [0.29, 0.717) is 15.4 Å². The summed E-state index contributed by atoms with van der Waals surface area (Å²) >= 11 is 2.13. The molecule has 0 aliphatic heterocycles. The Balaban J connectivity index is 2.40. The van der Waals surface area contributed by atoms with Crippen molar-refractivity contribution in [2.75, 3.05) is 0 Å². The number of hydrogen-bond donors (Lipinski definition) is 0. The molecule has 0 saturated carbocycles. The standard InChI is InChI=1S/C10H6F3N3O2S2/c1-5-14-15-9(19-5)20-8-3-2-6(10(11,12)13)4-7(8)16(17)18/h2-4H,1H3. The fourth-order valence-corrected chi connectivity index (χ4v) is 3.19. The number of benzene rings is 1. The minimum absolute atomic E-state index is 0.0964. The molecule has 1 aromatic heterocycles. The highest BCUT2D eigenvalue weighted by Crippen LogP contribution is 2.39. The maximum atomic E-state index is 12.5. The van der Waals surface area contributed by atoms with Gasteiger partial charge in [0.05, 0.1) is 15.4 Å². The van der Waals surface area contributed by atoms with Gasteiger partial charge in [0.25, 0.3) is 5.69 Å². The first-order chi connectivity index (χ1) is 9.27. The zero-order valence-corrected chi connectivity index (χ0v) is 11.5. The Bertz CT molecular complexity index is 657. The highest BCUT2D eigenvalue weighted by atomic mass is 32.2. The first kappa shape index (κ1) is 14.7. The smallest absolute Gasteiger partial charge is 0.258 e. The summed E-state index contributed by atoms with van der Waals surface area (Å²) in [5.74, 6) is 0. The number of nitro groups is 1. The van der Waals surface area contributed by atoms with Crippen molar-refractivity contribution < 1.29 is 18.1 Å². The van der Waals surface area contributed by atoms with Gasteiger partial charge in [-0.05, 0) is 19.1 Å². The molecule has 1 aromatic carbocycles. The molecule has 2 rings (SSSR count). The Labute approximate surface area is 119 Å². The van der Waals surface area contributed by atoms with E-state index in [4.69, 9.17) is 0 Å². The van der Waals surface area contributed by atoms with Crippen molar-refractivity contribution in [2.45, 2.75) is 22.3 Å². The molecule has 0 unspecified atom stereocenters. The van der Waals surface area contributed by atoms with Crippen LogP contribution in [0.4, 0.5) is 18.9 Å². The lowest BCUT2D eigenvalue weighted by molar-refractivity contribution is -0.388. The van der Waals surface area contributed by atoms with Crippen molar-refractivity contribution >= 4 is 28.8 Å². The van der Waals surface area contributed by atoms with Gasteiger partial charge in [0, 0.05) is 6.07 Å². The maximum Gasteiger partial charge on any atom is 0.416 e. The van der Waals surface area contributed by atoms with Crippen LogP contribution in [0.3, 0.4) is 0 Å². The summed E-state index contributed by atoms with van der Waals surface area (Å²) < 4.78 is 38.1. The first-order valence-corrected chi connectivity index (χ1v) is 6.74. The summed E-state index contributed by atoms with van der Waals surface area (Å²) in [6.07, 6.45) is -4.62. The lowest BCUT2D eigenvalue weighted by Gasteiger charge is -2.07. The third kappa shape index (κ3) is 3.25. The third-order valence-corrected chi connectivity index (χ3v) is 4.14. The lowest BCUT2D eigenvalue weighted by Crippen LogP contribution is -2.05. The maximum absolute atomic E-state index is 12.5. The molecule has 0 bridgehead atoms. The van der Waals surface area contributed by atoms with Crippen LogP contribution in [0.25, 0.3) is 0 Å². The van der Waals surface area contributed by atoms with Gasteiger partial charge in [-0.3, -0.25) is 10.1 Å². The van der Waals surface area contributed by atoms with E-state index in [1.165, 1.54) is 11.3 Å². The Morgan fingerprint density at radius 1 is 1.35 bits per heavy atom. The zero-order chi connectivity index (χ0) is 14.9. The molecule has 0 spiro atoms. The van der Waals surface area contributed by atoms with E-state index in [1.54, 1.807) is 6.92 Å². The van der Waals surface area contributed by atoms with Gasteiger partial charge in [0.2, 0.25) is 0 Å². The van der Waals surface area contributed by atoms with Gasteiger partial charge in [-0.25, -0.2) is 0 Å². The van der Waals surface area contributed by atoms with E-state index < -0.39 is 22.4 Å². The number of nitrogens with zero attached hydrogens (tertiary/aromatic N) is 3. The van der Waals surface area contributed by atoms with Crippen molar-refractivity contribution in [3.63, 3.8) is 0 Å². The molecule has 5 nitrogen and oxygen atoms in total. The van der Waals surface area contributed by atoms with Crippen LogP contribution in [0.5, 0.6) is 0 Å². The molecule has 10 heteroatoms. The molecule has 20 heavy (non-hydrogen) atoms. The number of rotatable bonds is 3. The van der Waals surface area contributed by atoms with Crippen LogP contribution in [0.15, 0.2) is 27.4 Å². The molecule has 0 aliphatic carbocycles. The number of aromatic nitrogens is 2. The van der Waals surface area contributed by atoms with Gasteiger partial charge >= 0.3 is 6.18 Å². The lowest BCUT2D eigenvalue weighted by atomic mass is 10.2. The quantitative estimate of drug-likeness (QED) is 0.633. The number of nitro benzene ring substituents is 1. The summed E-state index contributed by atoms with van der Waals surface area (Å²) in [7, 11) is 0.